The summed E-state index contributed by atoms with van der Waals surface area (Å²) in [5.74, 6) is 0.618. The number of rotatable bonds is 5. The molecule has 0 aromatic carbocycles. The van der Waals surface area contributed by atoms with Crippen LogP contribution in [-0.2, 0) is 6.42 Å². The Hall–Kier alpha value is -0.840. The number of thioether (sulfide) groups is 1. The summed E-state index contributed by atoms with van der Waals surface area (Å²) >= 11 is 1.47. The number of nitrogens with one attached hydrogen (secondary N) is 1. The zero-order valence-electron chi connectivity index (χ0n) is 8.81. The smallest absolute Gasteiger partial charge is 0.266 e. The zero-order valence-corrected chi connectivity index (χ0v) is 9.63. The summed E-state index contributed by atoms with van der Waals surface area (Å²) in [7, 11) is 0. The number of halogens is 2. The second-order valence-corrected chi connectivity index (χ2v) is 4.18. The van der Waals surface area contributed by atoms with Crippen molar-refractivity contribution in [2.45, 2.75) is 31.8 Å². The molecule has 1 heterocycles. The van der Waals surface area contributed by atoms with Gasteiger partial charge in [0.2, 0.25) is 0 Å². The van der Waals surface area contributed by atoms with E-state index in [2.05, 4.69) is 9.97 Å². The molecule has 1 N–H and O–H groups in total. The standard InChI is InChI=1S/C10H14F2N2S/c1-3-8-7(2)13-10(14-8)15-6-4-5-9(11)12/h5H,3-4,6H2,1-2H3,(H,13,14). The minimum absolute atomic E-state index is 0.369. The lowest BCUT2D eigenvalue weighted by Gasteiger charge is -1.92. The van der Waals surface area contributed by atoms with E-state index in [1.807, 2.05) is 13.8 Å². The van der Waals surface area contributed by atoms with Crippen LogP contribution >= 0.6 is 11.8 Å². The molecular weight excluding hydrogens is 218 g/mol. The van der Waals surface area contributed by atoms with Crippen LogP contribution in [0.4, 0.5) is 8.78 Å². The monoisotopic (exact) mass is 232 g/mol. The topological polar surface area (TPSA) is 28.7 Å². The second kappa shape index (κ2) is 5.90. The summed E-state index contributed by atoms with van der Waals surface area (Å²) in [5, 5.41) is 0.817. The van der Waals surface area contributed by atoms with Crippen LogP contribution in [0, 0.1) is 6.92 Å². The molecule has 2 nitrogen and oxygen atoms in total. The van der Waals surface area contributed by atoms with Gasteiger partial charge in [0.1, 0.15) is 0 Å². The predicted octanol–water partition coefficient (Wildman–Crippen LogP) is 3.54. The fourth-order valence-electron chi connectivity index (χ4n) is 1.20. The van der Waals surface area contributed by atoms with Crippen molar-refractivity contribution in [1.82, 2.24) is 9.97 Å². The molecule has 84 valence electrons. The van der Waals surface area contributed by atoms with E-state index in [1.165, 1.54) is 11.8 Å². The number of nitrogens with zero attached hydrogens (tertiary/aromatic N) is 1. The maximum absolute atomic E-state index is 11.7. The summed E-state index contributed by atoms with van der Waals surface area (Å²) in [6.45, 7) is 4.01. The van der Waals surface area contributed by atoms with Gasteiger partial charge in [-0.3, -0.25) is 0 Å². The minimum atomic E-state index is -1.61. The summed E-state index contributed by atoms with van der Waals surface area (Å²) < 4.78 is 23.4. The Labute approximate surface area is 92.2 Å². The normalized spacial score (nSPS) is 10.4. The van der Waals surface area contributed by atoms with Gasteiger partial charge in [-0.15, -0.1) is 0 Å². The largest absolute Gasteiger partial charge is 0.337 e. The van der Waals surface area contributed by atoms with Gasteiger partial charge in [0, 0.05) is 11.4 Å². The highest BCUT2D eigenvalue weighted by Crippen LogP contribution is 2.18. The highest BCUT2D eigenvalue weighted by molar-refractivity contribution is 7.99. The predicted molar refractivity (Wildman–Crippen MR) is 58.3 cm³/mol. The Kier molecular flexibility index (Phi) is 4.81. The Bertz CT molecular complexity index is 343. The third-order valence-corrected chi connectivity index (χ3v) is 2.86. The third kappa shape index (κ3) is 4.03. The minimum Gasteiger partial charge on any atom is -0.337 e. The Balaban J connectivity index is 2.41. The first kappa shape index (κ1) is 12.2. The van der Waals surface area contributed by atoms with Crippen molar-refractivity contribution in [1.29, 1.82) is 0 Å². The zero-order chi connectivity index (χ0) is 11.3. The molecule has 1 aromatic rings. The van der Waals surface area contributed by atoms with Gasteiger partial charge in [-0.1, -0.05) is 18.7 Å². The van der Waals surface area contributed by atoms with E-state index in [0.717, 1.165) is 29.0 Å². The van der Waals surface area contributed by atoms with E-state index >= 15 is 0 Å². The molecule has 0 fully saturated rings. The molecule has 1 aromatic heterocycles. The summed E-state index contributed by atoms with van der Waals surface area (Å²) in [6.07, 6.45) is 0.583. The van der Waals surface area contributed by atoms with Gasteiger partial charge in [-0.05, 0) is 25.8 Å². The molecule has 0 radical (unpaired) electrons. The summed E-state index contributed by atoms with van der Waals surface area (Å²) in [6, 6.07) is 0. The number of hydrogen-bond acceptors (Lipinski definition) is 2. The highest BCUT2D eigenvalue weighted by Gasteiger charge is 2.04. The van der Waals surface area contributed by atoms with Crippen molar-refractivity contribution < 1.29 is 8.78 Å². The van der Waals surface area contributed by atoms with Crippen LogP contribution < -0.4 is 0 Å². The average molecular weight is 232 g/mol. The number of H-pyrrole nitrogens is 1. The van der Waals surface area contributed by atoms with Crippen molar-refractivity contribution in [3.05, 3.63) is 23.5 Å². The number of imidazole rings is 1. The molecule has 0 aliphatic carbocycles. The van der Waals surface area contributed by atoms with Gasteiger partial charge in [-0.25, -0.2) is 4.98 Å². The number of aromatic amines is 1. The van der Waals surface area contributed by atoms with E-state index in [0.29, 0.717) is 12.2 Å². The van der Waals surface area contributed by atoms with Crippen LogP contribution in [-0.4, -0.2) is 15.7 Å². The van der Waals surface area contributed by atoms with Crippen LogP contribution in [0.15, 0.2) is 17.3 Å². The van der Waals surface area contributed by atoms with Crippen LogP contribution in [0.2, 0.25) is 0 Å². The summed E-state index contributed by atoms with van der Waals surface area (Å²) in [5.41, 5.74) is 2.11. The van der Waals surface area contributed by atoms with Crippen LogP contribution in [0.25, 0.3) is 0 Å². The van der Waals surface area contributed by atoms with Crippen molar-refractivity contribution >= 4 is 11.8 Å². The molecule has 0 aliphatic heterocycles. The maximum Gasteiger partial charge on any atom is 0.266 e. The van der Waals surface area contributed by atoms with Crippen LogP contribution in [0.1, 0.15) is 24.7 Å². The number of aromatic nitrogens is 2. The van der Waals surface area contributed by atoms with E-state index < -0.39 is 6.08 Å². The molecule has 0 bridgehead atoms. The maximum atomic E-state index is 11.7. The molecule has 5 heteroatoms. The Morgan fingerprint density at radius 2 is 2.27 bits per heavy atom. The van der Waals surface area contributed by atoms with Gasteiger partial charge in [-0.2, -0.15) is 8.78 Å². The molecule has 0 amide bonds. The fraction of sp³-hybridized carbons (Fsp3) is 0.500. The molecule has 1 rings (SSSR count). The lowest BCUT2D eigenvalue weighted by Crippen LogP contribution is -1.82. The number of hydrogen-bond donors (Lipinski definition) is 1. The van der Waals surface area contributed by atoms with E-state index in [-0.39, 0.29) is 0 Å². The lowest BCUT2D eigenvalue weighted by molar-refractivity contribution is 0.418. The van der Waals surface area contributed by atoms with Crippen LogP contribution in [0.3, 0.4) is 0 Å². The molecule has 0 atom stereocenters. The summed E-state index contributed by atoms with van der Waals surface area (Å²) in [4.78, 5) is 7.47. The molecule has 0 spiro atoms. The van der Waals surface area contributed by atoms with Crippen molar-refractivity contribution in [3.63, 3.8) is 0 Å². The second-order valence-electron chi connectivity index (χ2n) is 3.10. The first-order valence-corrected chi connectivity index (χ1v) is 5.81. The quantitative estimate of drug-likeness (QED) is 0.621. The van der Waals surface area contributed by atoms with Crippen molar-refractivity contribution in [3.8, 4) is 0 Å². The van der Waals surface area contributed by atoms with Gasteiger partial charge in [0.15, 0.2) is 5.16 Å². The van der Waals surface area contributed by atoms with Gasteiger partial charge in [0.05, 0.1) is 5.69 Å². The highest BCUT2D eigenvalue weighted by atomic mass is 32.2. The Morgan fingerprint density at radius 1 is 1.53 bits per heavy atom. The van der Waals surface area contributed by atoms with Crippen LogP contribution in [0.5, 0.6) is 0 Å². The molecule has 0 saturated heterocycles. The fourth-order valence-corrected chi connectivity index (χ4v) is 2.03. The third-order valence-electron chi connectivity index (χ3n) is 1.95. The molecular formula is C10H14F2N2S. The van der Waals surface area contributed by atoms with E-state index in [1.54, 1.807) is 0 Å². The SMILES string of the molecule is CCc1nc(SCCC=C(F)F)[nH]c1C. The van der Waals surface area contributed by atoms with Crippen molar-refractivity contribution in [2.24, 2.45) is 0 Å². The Morgan fingerprint density at radius 3 is 2.80 bits per heavy atom. The lowest BCUT2D eigenvalue weighted by atomic mass is 10.3. The first-order chi connectivity index (χ1) is 7.13. The number of allylic oxidation sites excluding steroid dienone is 1. The molecule has 0 unspecified atom stereocenters. The average Bonchev–Trinajstić information content (AvgIpc) is 2.53. The molecule has 0 aliphatic rings. The van der Waals surface area contributed by atoms with Gasteiger partial charge >= 0.3 is 0 Å². The number of aryl methyl sites for hydroxylation is 2. The van der Waals surface area contributed by atoms with E-state index in [4.69, 9.17) is 0 Å². The van der Waals surface area contributed by atoms with E-state index in [9.17, 15) is 8.78 Å². The first-order valence-electron chi connectivity index (χ1n) is 4.83. The van der Waals surface area contributed by atoms with Gasteiger partial charge in [0.25, 0.3) is 6.08 Å². The van der Waals surface area contributed by atoms with Crippen molar-refractivity contribution in [2.75, 3.05) is 5.75 Å². The molecule has 15 heavy (non-hydrogen) atoms. The van der Waals surface area contributed by atoms with Gasteiger partial charge < -0.3 is 4.98 Å². The molecule has 0 saturated carbocycles.